The van der Waals surface area contributed by atoms with E-state index < -0.39 is 17.9 Å². The van der Waals surface area contributed by atoms with Crippen LogP contribution in [0.25, 0.3) is 0 Å². The fourth-order valence-electron chi connectivity index (χ4n) is 1.54. The number of methoxy groups -OCH3 is 1. The molecular weight excluding hydrogens is 246 g/mol. The molecule has 0 heterocycles. The lowest BCUT2D eigenvalue weighted by atomic mass is 10.0. The van der Waals surface area contributed by atoms with E-state index in [1.165, 1.54) is 7.11 Å². The molecule has 3 N–H and O–H groups in total. The smallest absolute Gasteiger partial charge is 0.328 e. The molecule has 0 saturated carbocycles. The molecule has 0 spiro atoms. The van der Waals surface area contributed by atoms with Gasteiger partial charge in [0.05, 0.1) is 25.3 Å². The summed E-state index contributed by atoms with van der Waals surface area (Å²) in [6.07, 6.45) is 0.282. The largest absolute Gasteiger partial charge is 0.467 e. The van der Waals surface area contributed by atoms with Gasteiger partial charge in [-0.25, -0.2) is 4.79 Å². The highest BCUT2D eigenvalue weighted by Gasteiger charge is 2.21. The molecule has 0 aliphatic carbocycles. The molecule has 1 unspecified atom stereocenters. The minimum atomic E-state index is -0.783. The monoisotopic (exact) mass is 261 g/mol. The lowest BCUT2D eigenvalue weighted by molar-refractivity contribution is -0.144. The zero-order valence-corrected chi connectivity index (χ0v) is 10.6. The number of hydrogen-bond donors (Lipinski definition) is 2. The SMILES string of the molecule is COC(=O)C(Cc1ccc(C#N)cc1)NC(=O)CN. The van der Waals surface area contributed by atoms with Crippen LogP contribution < -0.4 is 11.1 Å². The molecule has 0 aliphatic heterocycles. The number of nitrogens with one attached hydrogen (secondary N) is 1. The van der Waals surface area contributed by atoms with Gasteiger partial charge in [0.25, 0.3) is 0 Å². The van der Waals surface area contributed by atoms with Gasteiger partial charge in [-0.1, -0.05) is 12.1 Å². The number of benzene rings is 1. The Bertz CT molecular complexity index is 491. The van der Waals surface area contributed by atoms with Gasteiger partial charge in [0, 0.05) is 6.42 Å². The van der Waals surface area contributed by atoms with Crippen LogP contribution in [-0.4, -0.2) is 31.6 Å². The fraction of sp³-hybridized carbons (Fsp3) is 0.308. The number of ether oxygens (including phenoxy) is 1. The lowest BCUT2D eigenvalue weighted by Crippen LogP contribution is -2.45. The van der Waals surface area contributed by atoms with Crippen molar-refractivity contribution in [2.45, 2.75) is 12.5 Å². The van der Waals surface area contributed by atoms with E-state index in [2.05, 4.69) is 10.1 Å². The molecule has 1 atom stereocenters. The van der Waals surface area contributed by atoms with Crippen LogP contribution in [0.2, 0.25) is 0 Å². The van der Waals surface area contributed by atoms with Crippen LogP contribution in [0.15, 0.2) is 24.3 Å². The summed E-state index contributed by atoms with van der Waals surface area (Å²) < 4.78 is 4.63. The third-order valence-electron chi connectivity index (χ3n) is 2.53. The number of amides is 1. The van der Waals surface area contributed by atoms with E-state index >= 15 is 0 Å². The van der Waals surface area contributed by atoms with Crippen molar-refractivity contribution in [3.63, 3.8) is 0 Å². The van der Waals surface area contributed by atoms with Gasteiger partial charge >= 0.3 is 5.97 Å². The van der Waals surface area contributed by atoms with Gasteiger partial charge in [-0.15, -0.1) is 0 Å². The van der Waals surface area contributed by atoms with Gasteiger partial charge in [0.2, 0.25) is 5.91 Å². The summed E-state index contributed by atoms with van der Waals surface area (Å²) >= 11 is 0. The van der Waals surface area contributed by atoms with Crippen molar-refractivity contribution in [1.29, 1.82) is 5.26 Å². The average Bonchev–Trinajstić information content (AvgIpc) is 2.46. The highest BCUT2D eigenvalue weighted by atomic mass is 16.5. The number of esters is 1. The molecule has 0 aromatic heterocycles. The van der Waals surface area contributed by atoms with E-state index in [9.17, 15) is 9.59 Å². The van der Waals surface area contributed by atoms with Crippen LogP contribution in [0.4, 0.5) is 0 Å². The first-order chi connectivity index (χ1) is 9.10. The first-order valence-corrected chi connectivity index (χ1v) is 5.67. The van der Waals surface area contributed by atoms with Gasteiger partial charge in [-0.3, -0.25) is 4.79 Å². The van der Waals surface area contributed by atoms with E-state index in [1.54, 1.807) is 24.3 Å². The molecule has 1 rings (SSSR count). The number of nitrogens with zero attached hydrogens (tertiary/aromatic N) is 1. The van der Waals surface area contributed by atoms with Crippen molar-refractivity contribution in [3.05, 3.63) is 35.4 Å². The normalized spacial score (nSPS) is 11.2. The molecule has 0 fully saturated rings. The number of carbonyl (C=O) groups is 2. The summed E-state index contributed by atoms with van der Waals surface area (Å²) in [5.41, 5.74) is 6.54. The molecule has 0 radical (unpaired) electrons. The second-order valence-electron chi connectivity index (χ2n) is 3.86. The molecule has 0 aliphatic rings. The van der Waals surface area contributed by atoms with Gasteiger partial charge in [0.15, 0.2) is 0 Å². The second kappa shape index (κ2) is 7.13. The Morgan fingerprint density at radius 1 is 1.42 bits per heavy atom. The van der Waals surface area contributed by atoms with E-state index in [-0.39, 0.29) is 13.0 Å². The third kappa shape index (κ3) is 4.41. The third-order valence-corrected chi connectivity index (χ3v) is 2.53. The van der Waals surface area contributed by atoms with Crippen LogP contribution in [0, 0.1) is 11.3 Å². The van der Waals surface area contributed by atoms with Crippen LogP contribution in [0.5, 0.6) is 0 Å². The maximum Gasteiger partial charge on any atom is 0.328 e. The molecule has 1 aromatic carbocycles. The van der Waals surface area contributed by atoms with Gasteiger partial charge < -0.3 is 15.8 Å². The van der Waals surface area contributed by atoms with Crippen LogP contribution in [-0.2, 0) is 20.7 Å². The van der Waals surface area contributed by atoms with Crippen LogP contribution in [0.3, 0.4) is 0 Å². The van der Waals surface area contributed by atoms with Crippen molar-refractivity contribution < 1.29 is 14.3 Å². The predicted molar refractivity (Wildman–Crippen MR) is 67.9 cm³/mol. The van der Waals surface area contributed by atoms with Gasteiger partial charge in [0.1, 0.15) is 6.04 Å². The van der Waals surface area contributed by atoms with E-state index in [0.717, 1.165) is 5.56 Å². The maximum atomic E-state index is 11.6. The standard InChI is InChI=1S/C13H15N3O3/c1-19-13(18)11(16-12(17)8-15)6-9-2-4-10(7-14)5-3-9/h2-5,11H,6,8,15H2,1H3,(H,16,17). The lowest BCUT2D eigenvalue weighted by Gasteiger charge is -2.16. The number of carbonyl (C=O) groups excluding carboxylic acids is 2. The Balaban J connectivity index is 2.78. The molecular formula is C13H15N3O3. The minimum absolute atomic E-state index is 0.194. The van der Waals surface area contributed by atoms with Crippen LogP contribution >= 0.6 is 0 Å². The summed E-state index contributed by atoms with van der Waals surface area (Å²) in [5.74, 6) is -0.963. The molecule has 6 heteroatoms. The zero-order chi connectivity index (χ0) is 14.3. The van der Waals surface area contributed by atoms with Crippen molar-refractivity contribution in [1.82, 2.24) is 5.32 Å². The molecule has 6 nitrogen and oxygen atoms in total. The average molecular weight is 261 g/mol. The quantitative estimate of drug-likeness (QED) is 0.709. The van der Waals surface area contributed by atoms with Crippen LogP contribution in [0.1, 0.15) is 11.1 Å². The van der Waals surface area contributed by atoms with Gasteiger partial charge in [-0.2, -0.15) is 5.26 Å². The maximum absolute atomic E-state index is 11.6. The fourth-order valence-corrected chi connectivity index (χ4v) is 1.54. The molecule has 0 bridgehead atoms. The highest BCUT2D eigenvalue weighted by Crippen LogP contribution is 2.07. The highest BCUT2D eigenvalue weighted by molar-refractivity contribution is 5.85. The number of rotatable bonds is 5. The minimum Gasteiger partial charge on any atom is -0.467 e. The van der Waals surface area contributed by atoms with Crippen molar-refractivity contribution in [2.75, 3.05) is 13.7 Å². The Morgan fingerprint density at radius 2 is 2.05 bits per heavy atom. The summed E-state index contributed by atoms with van der Waals surface area (Å²) in [5, 5.41) is 11.2. The Morgan fingerprint density at radius 3 is 2.53 bits per heavy atom. The summed E-state index contributed by atoms with van der Waals surface area (Å²) in [4.78, 5) is 22.8. The Labute approximate surface area is 111 Å². The first kappa shape index (κ1) is 14.7. The van der Waals surface area contributed by atoms with E-state index in [0.29, 0.717) is 5.56 Å². The van der Waals surface area contributed by atoms with E-state index in [1.807, 2.05) is 6.07 Å². The molecule has 100 valence electrons. The van der Waals surface area contributed by atoms with Crippen molar-refractivity contribution >= 4 is 11.9 Å². The van der Waals surface area contributed by atoms with E-state index in [4.69, 9.17) is 11.0 Å². The summed E-state index contributed by atoms with van der Waals surface area (Å²) in [6, 6.07) is 7.97. The molecule has 1 aromatic rings. The van der Waals surface area contributed by atoms with Crippen molar-refractivity contribution in [2.24, 2.45) is 5.73 Å². The molecule has 0 saturated heterocycles. The second-order valence-corrected chi connectivity index (χ2v) is 3.86. The number of hydrogen-bond acceptors (Lipinski definition) is 5. The number of nitrogens with two attached hydrogens (primary N) is 1. The zero-order valence-electron chi connectivity index (χ0n) is 10.6. The topological polar surface area (TPSA) is 105 Å². The predicted octanol–water partition coefficient (Wildman–Crippen LogP) is -0.283. The molecule has 19 heavy (non-hydrogen) atoms. The molecule has 1 amide bonds. The summed E-state index contributed by atoms with van der Waals surface area (Å²) in [7, 11) is 1.25. The first-order valence-electron chi connectivity index (χ1n) is 5.67. The summed E-state index contributed by atoms with van der Waals surface area (Å²) in [6.45, 7) is -0.194. The van der Waals surface area contributed by atoms with Gasteiger partial charge in [-0.05, 0) is 17.7 Å². The number of nitriles is 1. The van der Waals surface area contributed by atoms with Crippen molar-refractivity contribution in [3.8, 4) is 6.07 Å². The Kier molecular flexibility index (Phi) is 5.51. The Hall–Kier alpha value is -2.39.